The van der Waals surface area contributed by atoms with Crippen molar-refractivity contribution >= 4 is 5.78 Å². The molecule has 148 valence electrons. The highest BCUT2D eigenvalue weighted by atomic mass is 16.5. The van der Waals surface area contributed by atoms with E-state index in [1.807, 2.05) is 0 Å². The van der Waals surface area contributed by atoms with Crippen molar-refractivity contribution < 1.29 is 9.53 Å². The highest BCUT2D eigenvalue weighted by molar-refractivity contribution is 5.84. The molecule has 1 aromatic carbocycles. The lowest BCUT2D eigenvalue weighted by Gasteiger charge is -2.55. The second-order valence-corrected chi connectivity index (χ2v) is 9.50. The van der Waals surface area contributed by atoms with Gasteiger partial charge in [0.25, 0.3) is 0 Å². The Morgan fingerprint density at radius 3 is 2.67 bits per heavy atom. The molecule has 2 saturated carbocycles. The fraction of sp³-hybridized carbons (Fsp3) is 0.708. The fourth-order valence-corrected chi connectivity index (χ4v) is 6.10. The number of aryl methyl sites for hydroxylation is 1. The Bertz CT molecular complexity index is 738. The van der Waals surface area contributed by atoms with Gasteiger partial charge < -0.3 is 9.64 Å². The molecule has 0 saturated heterocycles. The van der Waals surface area contributed by atoms with Crippen molar-refractivity contribution in [2.45, 2.75) is 70.8 Å². The van der Waals surface area contributed by atoms with Crippen LogP contribution in [-0.2, 0) is 16.6 Å². The molecular weight excluding hydrogens is 334 g/mol. The molecule has 0 N–H and O–H groups in total. The Labute approximate surface area is 164 Å². The highest BCUT2D eigenvalue weighted by Gasteiger charge is 2.54. The number of ketones is 1. The first-order chi connectivity index (χ1) is 12.9. The molecule has 4 atom stereocenters. The zero-order valence-electron chi connectivity index (χ0n) is 17.7. The summed E-state index contributed by atoms with van der Waals surface area (Å²) in [7, 11) is 4.11. The van der Waals surface area contributed by atoms with E-state index in [0.29, 0.717) is 24.2 Å². The minimum atomic E-state index is -0.0724. The van der Waals surface area contributed by atoms with Crippen LogP contribution in [0.2, 0.25) is 0 Å². The van der Waals surface area contributed by atoms with Gasteiger partial charge in [0.1, 0.15) is 11.5 Å². The third-order valence-electron chi connectivity index (χ3n) is 7.83. The number of Topliss-reactive ketones (excluding diaryl/α,β-unsaturated/α-hetero) is 1. The van der Waals surface area contributed by atoms with E-state index >= 15 is 0 Å². The fourth-order valence-electron chi connectivity index (χ4n) is 6.10. The first-order valence-corrected chi connectivity index (χ1v) is 10.8. The summed E-state index contributed by atoms with van der Waals surface area (Å²) < 4.78 is 5.93. The monoisotopic (exact) mass is 369 g/mol. The molecular formula is C24H35NO2. The van der Waals surface area contributed by atoms with E-state index in [4.69, 9.17) is 4.74 Å². The van der Waals surface area contributed by atoms with Gasteiger partial charge >= 0.3 is 0 Å². The van der Waals surface area contributed by atoms with Crippen LogP contribution in [0.5, 0.6) is 5.75 Å². The van der Waals surface area contributed by atoms with Crippen LogP contribution in [0.3, 0.4) is 0 Å². The van der Waals surface area contributed by atoms with Crippen molar-refractivity contribution in [2.24, 2.45) is 17.8 Å². The van der Waals surface area contributed by atoms with Gasteiger partial charge in [0.15, 0.2) is 0 Å². The number of hydrogen-bond acceptors (Lipinski definition) is 3. The van der Waals surface area contributed by atoms with Gasteiger partial charge in [-0.05, 0) is 69.0 Å². The van der Waals surface area contributed by atoms with Crippen LogP contribution in [0.25, 0.3) is 0 Å². The van der Waals surface area contributed by atoms with Gasteiger partial charge in [0.05, 0.1) is 7.11 Å². The highest BCUT2D eigenvalue weighted by Crippen LogP contribution is 2.56. The number of methoxy groups -OCH3 is 1. The van der Waals surface area contributed by atoms with E-state index in [9.17, 15) is 4.79 Å². The zero-order valence-corrected chi connectivity index (χ0v) is 17.7. The largest absolute Gasteiger partial charge is 0.496 e. The lowest BCUT2D eigenvalue weighted by molar-refractivity contribution is -0.129. The smallest absolute Gasteiger partial charge is 0.136 e. The van der Waals surface area contributed by atoms with Crippen molar-refractivity contribution in [2.75, 3.05) is 20.7 Å². The molecule has 0 amide bonds. The standard InChI is InChI=1S/C24H35NO2/c1-6-24-13-21(26)16(3)11-19(24)20(25(4)14-17-8-9-17)12-18-10-7-15(2)23(27-5)22(18)24/h7,10,16-17,19-20H,6,8-9,11-14H2,1-5H3. The van der Waals surface area contributed by atoms with Gasteiger partial charge in [0.2, 0.25) is 0 Å². The lowest BCUT2D eigenvalue weighted by atomic mass is 9.52. The van der Waals surface area contributed by atoms with Crippen molar-refractivity contribution in [1.29, 1.82) is 0 Å². The summed E-state index contributed by atoms with van der Waals surface area (Å²) in [5, 5.41) is 0. The van der Waals surface area contributed by atoms with Crippen LogP contribution in [-0.4, -0.2) is 37.4 Å². The number of carbonyl (C=O) groups is 1. The van der Waals surface area contributed by atoms with E-state index in [1.165, 1.54) is 36.1 Å². The molecule has 0 spiro atoms. The lowest BCUT2D eigenvalue weighted by Crippen LogP contribution is -2.57. The molecule has 3 aliphatic rings. The number of carbonyl (C=O) groups excluding carboxylic acids is 1. The van der Waals surface area contributed by atoms with Crippen LogP contribution in [0.4, 0.5) is 0 Å². The van der Waals surface area contributed by atoms with E-state index < -0.39 is 0 Å². The molecule has 0 bridgehead atoms. The van der Waals surface area contributed by atoms with Gasteiger partial charge in [-0.3, -0.25) is 4.79 Å². The Morgan fingerprint density at radius 1 is 1.30 bits per heavy atom. The van der Waals surface area contributed by atoms with Gasteiger partial charge in [0, 0.05) is 35.9 Å². The van der Waals surface area contributed by atoms with Crippen LogP contribution in [0.15, 0.2) is 12.1 Å². The number of ether oxygens (including phenoxy) is 1. The SMILES string of the molecule is CCC12CC(=O)C(C)CC1C(N(C)CC1CC1)Cc1ccc(C)c(OC)c12. The number of fused-ring (bicyclic) bond motifs is 3. The zero-order chi connectivity index (χ0) is 19.3. The van der Waals surface area contributed by atoms with E-state index in [1.54, 1.807) is 7.11 Å². The summed E-state index contributed by atoms with van der Waals surface area (Å²) in [5.41, 5.74) is 3.88. The summed E-state index contributed by atoms with van der Waals surface area (Å²) in [6.45, 7) is 7.77. The molecule has 0 aromatic heterocycles. The normalized spacial score (nSPS) is 33.0. The van der Waals surface area contributed by atoms with Crippen LogP contribution in [0.1, 0.15) is 62.6 Å². The Kier molecular flexibility index (Phi) is 4.86. The second-order valence-electron chi connectivity index (χ2n) is 9.50. The minimum Gasteiger partial charge on any atom is -0.496 e. The molecule has 0 radical (unpaired) electrons. The van der Waals surface area contributed by atoms with Crippen molar-refractivity contribution in [1.82, 2.24) is 4.90 Å². The first kappa shape index (κ1) is 19.0. The minimum absolute atomic E-state index is 0.0724. The molecule has 4 unspecified atom stereocenters. The molecule has 0 aliphatic heterocycles. The quantitative estimate of drug-likeness (QED) is 0.763. The van der Waals surface area contributed by atoms with Crippen LogP contribution >= 0.6 is 0 Å². The number of benzene rings is 1. The van der Waals surface area contributed by atoms with Crippen LogP contribution in [0, 0.1) is 24.7 Å². The van der Waals surface area contributed by atoms with E-state index in [0.717, 1.165) is 30.9 Å². The molecule has 3 heteroatoms. The summed E-state index contributed by atoms with van der Waals surface area (Å²) >= 11 is 0. The summed E-state index contributed by atoms with van der Waals surface area (Å²) in [5.74, 6) is 3.08. The van der Waals surface area contributed by atoms with Crippen LogP contribution < -0.4 is 4.74 Å². The third-order valence-corrected chi connectivity index (χ3v) is 7.83. The van der Waals surface area contributed by atoms with E-state index in [-0.39, 0.29) is 11.3 Å². The molecule has 2 fully saturated rings. The van der Waals surface area contributed by atoms with Gasteiger partial charge in [-0.25, -0.2) is 0 Å². The molecule has 0 heterocycles. The Morgan fingerprint density at radius 2 is 2.04 bits per heavy atom. The summed E-state index contributed by atoms with van der Waals surface area (Å²) in [6, 6.07) is 5.04. The number of likely N-dealkylation sites (N-methyl/N-ethyl adjacent to an activating group) is 1. The molecule has 3 aliphatic carbocycles. The summed E-state index contributed by atoms with van der Waals surface area (Å²) in [6.07, 6.45) is 6.57. The molecule has 4 rings (SSSR count). The Hall–Kier alpha value is -1.35. The first-order valence-electron chi connectivity index (χ1n) is 10.8. The summed E-state index contributed by atoms with van der Waals surface area (Å²) in [4.78, 5) is 15.5. The maximum Gasteiger partial charge on any atom is 0.136 e. The van der Waals surface area contributed by atoms with Gasteiger partial charge in [-0.2, -0.15) is 0 Å². The van der Waals surface area contributed by atoms with Crippen molar-refractivity contribution in [3.8, 4) is 5.75 Å². The average molecular weight is 370 g/mol. The topological polar surface area (TPSA) is 29.5 Å². The molecule has 1 aromatic rings. The van der Waals surface area contributed by atoms with Crippen molar-refractivity contribution in [3.05, 3.63) is 28.8 Å². The van der Waals surface area contributed by atoms with E-state index in [2.05, 4.69) is 44.9 Å². The maximum atomic E-state index is 12.9. The van der Waals surface area contributed by atoms with Gasteiger partial charge in [-0.15, -0.1) is 0 Å². The second kappa shape index (κ2) is 6.92. The number of hydrogen-bond donors (Lipinski definition) is 0. The molecule has 27 heavy (non-hydrogen) atoms. The van der Waals surface area contributed by atoms with Crippen molar-refractivity contribution in [3.63, 3.8) is 0 Å². The number of nitrogens with zero attached hydrogens (tertiary/aromatic N) is 1. The molecule has 3 nitrogen and oxygen atoms in total. The predicted octanol–water partition coefficient (Wildman–Crippen LogP) is 4.53. The Balaban J connectivity index is 1.85. The number of rotatable bonds is 5. The predicted molar refractivity (Wildman–Crippen MR) is 109 cm³/mol. The maximum absolute atomic E-state index is 12.9. The third kappa shape index (κ3) is 3.03. The average Bonchev–Trinajstić information content (AvgIpc) is 3.46. The van der Waals surface area contributed by atoms with Gasteiger partial charge in [-0.1, -0.05) is 26.0 Å².